The Morgan fingerprint density at radius 1 is 1.33 bits per heavy atom. The van der Waals surface area contributed by atoms with Gasteiger partial charge < -0.3 is 10.4 Å². The zero-order chi connectivity index (χ0) is 14.2. The van der Waals surface area contributed by atoms with Crippen LogP contribution in [-0.4, -0.2) is 26.2 Å². The van der Waals surface area contributed by atoms with Crippen LogP contribution in [0.25, 0.3) is 16.2 Å². The number of imidazole rings is 1. The molecular weight excluding hydrogens is 284 g/mol. The van der Waals surface area contributed by atoms with Crippen molar-refractivity contribution in [2.75, 3.05) is 11.9 Å². The third kappa shape index (κ3) is 2.52. The van der Waals surface area contributed by atoms with E-state index >= 15 is 0 Å². The highest BCUT2D eigenvalue weighted by atomic mass is 32.1. The van der Waals surface area contributed by atoms with Gasteiger partial charge >= 0.3 is 0 Å². The molecule has 1 aromatic carbocycles. The summed E-state index contributed by atoms with van der Waals surface area (Å²) in [6.45, 7) is 1.03. The minimum absolute atomic E-state index is 0.0168. The Bertz CT molecular complexity index is 743. The van der Waals surface area contributed by atoms with E-state index in [2.05, 4.69) is 15.4 Å². The van der Waals surface area contributed by atoms with E-state index in [1.165, 1.54) is 12.8 Å². The summed E-state index contributed by atoms with van der Waals surface area (Å²) in [5, 5.41) is 18.2. The van der Waals surface area contributed by atoms with Crippen molar-refractivity contribution in [3.63, 3.8) is 0 Å². The molecule has 0 spiro atoms. The highest BCUT2D eigenvalue weighted by Gasteiger charge is 2.21. The minimum Gasteiger partial charge on any atom is -0.392 e. The molecular formula is C15H16N4OS. The molecule has 5 nitrogen and oxygen atoms in total. The Labute approximate surface area is 126 Å². The van der Waals surface area contributed by atoms with Gasteiger partial charge in [0, 0.05) is 12.1 Å². The van der Waals surface area contributed by atoms with Crippen LogP contribution in [0.3, 0.4) is 0 Å². The van der Waals surface area contributed by atoms with E-state index in [0.29, 0.717) is 0 Å². The van der Waals surface area contributed by atoms with Crippen LogP contribution in [0.2, 0.25) is 0 Å². The molecule has 1 aliphatic rings. The lowest BCUT2D eigenvalue weighted by Gasteiger charge is -2.03. The number of nitrogens with one attached hydrogen (secondary N) is 1. The van der Waals surface area contributed by atoms with Gasteiger partial charge in [0.1, 0.15) is 0 Å². The van der Waals surface area contributed by atoms with E-state index in [4.69, 9.17) is 0 Å². The number of rotatable bonds is 5. The van der Waals surface area contributed by atoms with Crippen molar-refractivity contribution in [3.05, 3.63) is 36.0 Å². The van der Waals surface area contributed by atoms with Gasteiger partial charge in [-0.2, -0.15) is 0 Å². The largest absolute Gasteiger partial charge is 0.392 e. The number of aromatic nitrogens is 3. The van der Waals surface area contributed by atoms with Gasteiger partial charge in [-0.25, -0.2) is 9.50 Å². The smallest absolute Gasteiger partial charge is 0.214 e. The fourth-order valence-corrected chi connectivity index (χ4v) is 3.15. The molecule has 0 saturated heterocycles. The van der Waals surface area contributed by atoms with Crippen molar-refractivity contribution in [2.24, 2.45) is 5.92 Å². The second-order valence-electron chi connectivity index (χ2n) is 5.40. The fraction of sp³-hybridized carbons (Fsp3) is 0.333. The van der Waals surface area contributed by atoms with Gasteiger partial charge in [-0.05, 0) is 24.3 Å². The Morgan fingerprint density at radius 2 is 2.19 bits per heavy atom. The van der Waals surface area contributed by atoms with Crippen LogP contribution in [0.5, 0.6) is 0 Å². The maximum atomic E-state index is 9.42. The zero-order valence-corrected chi connectivity index (χ0v) is 12.3. The summed E-state index contributed by atoms with van der Waals surface area (Å²) in [4.78, 5) is 5.49. The van der Waals surface area contributed by atoms with Gasteiger partial charge in [0.15, 0.2) is 0 Å². The van der Waals surface area contributed by atoms with Crippen molar-refractivity contribution in [2.45, 2.75) is 19.4 Å². The highest BCUT2D eigenvalue weighted by molar-refractivity contribution is 7.20. The number of hydrogen-bond donors (Lipinski definition) is 2. The van der Waals surface area contributed by atoms with Crippen LogP contribution in [0.15, 0.2) is 30.5 Å². The number of hydrogen-bond acceptors (Lipinski definition) is 5. The second-order valence-corrected chi connectivity index (χ2v) is 6.36. The van der Waals surface area contributed by atoms with Crippen molar-refractivity contribution < 1.29 is 5.11 Å². The van der Waals surface area contributed by atoms with E-state index in [9.17, 15) is 5.11 Å². The first-order valence-corrected chi connectivity index (χ1v) is 7.94. The van der Waals surface area contributed by atoms with Gasteiger partial charge in [-0.3, -0.25) is 0 Å². The molecule has 1 aliphatic carbocycles. The fourth-order valence-electron chi connectivity index (χ4n) is 2.36. The minimum atomic E-state index is 0.0168. The molecule has 1 fully saturated rings. The summed E-state index contributed by atoms with van der Waals surface area (Å²) in [6.07, 6.45) is 4.58. The van der Waals surface area contributed by atoms with Crippen molar-refractivity contribution in [3.8, 4) is 11.3 Å². The number of aliphatic hydroxyl groups is 1. The number of benzene rings is 1. The molecule has 0 atom stereocenters. The lowest BCUT2D eigenvalue weighted by atomic mass is 10.1. The Kier molecular flexibility index (Phi) is 3.12. The monoisotopic (exact) mass is 300 g/mol. The molecule has 3 aromatic rings. The number of aliphatic hydroxyl groups excluding tert-OH is 1. The molecule has 0 aliphatic heterocycles. The summed E-state index contributed by atoms with van der Waals surface area (Å²) in [6, 6.07) is 7.77. The lowest BCUT2D eigenvalue weighted by molar-refractivity contribution is 0.282. The van der Waals surface area contributed by atoms with Gasteiger partial charge in [0.2, 0.25) is 10.1 Å². The summed E-state index contributed by atoms with van der Waals surface area (Å²) < 4.78 is 1.81. The normalized spacial score (nSPS) is 14.7. The molecule has 2 aromatic heterocycles. The molecule has 2 heterocycles. The first-order chi connectivity index (χ1) is 10.3. The SMILES string of the molecule is OCc1ccccc1-c1cn2nc(NCC3CC3)sc2n1. The molecule has 108 valence electrons. The number of nitrogens with zero attached hydrogens (tertiary/aromatic N) is 3. The van der Waals surface area contributed by atoms with Crippen LogP contribution >= 0.6 is 11.3 Å². The van der Waals surface area contributed by atoms with E-state index in [1.807, 2.05) is 35.0 Å². The molecule has 21 heavy (non-hydrogen) atoms. The first-order valence-electron chi connectivity index (χ1n) is 7.12. The first kappa shape index (κ1) is 12.8. The van der Waals surface area contributed by atoms with Crippen LogP contribution < -0.4 is 5.32 Å². The van der Waals surface area contributed by atoms with E-state index in [0.717, 1.165) is 39.4 Å². The van der Waals surface area contributed by atoms with E-state index in [1.54, 1.807) is 11.3 Å². The third-order valence-electron chi connectivity index (χ3n) is 3.75. The lowest BCUT2D eigenvalue weighted by Crippen LogP contribution is -2.02. The molecule has 0 bridgehead atoms. The molecule has 6 heteroatoms. The van der Waals surface area contributed by atoms with Crippen LogP contribution in [0.1, 0.15) is 18.4 Å². The quantitative estimate of drug-likeness (QED) is 0.760. The average molecular weight is 300 g/mol. The van der Waals surface area contributed by atoms with Crippen molar-refractivity contribution >= 4 is 21.4 Å². The maximum Gasteiger partial charge on any atom is 0.214 e. The topological polar surface area (TPSA) is 62.5 Å². The van der Waals surface area contributed by atoms with Gasteiger partial charge in [0.25, 0.3) is 0 Å². The summed E-state index contributed by atoms with van der Waals surface area (Å²) in [5.41, 5.74) is 2.70. The maximum absolute atomic E-state index is 9.42. The van der Waals surface area contributed by atoms with Crippen LogP contribution in [0, 0.1) is 5.92 Å². The highest BCUT2D eigenvalue weighted by Crippen LogP contribution is 2.30. The Hall–Kier alpha value is -1.92. The van der Waals surface area contributed by atoms with E-state index < -0.39 is 0 Å². The average Bonchev–Trinajstić information content (AvgIpc) is 3.14. The molecule has 2 N–H and O–H groups in total. The predicted molar refractivity (Wildman–Crippen MR) is 83.4 cm³/mol. The number of anilines is 1. The van der Waals surface area contributed by atoms with Gasteiger partial charge in [0.05, 0.1) is 18.5 Å². The molecule has 4 rings (SSSR count). The van der Waals surface area contributed by atoms with E-state index in [-0.39, 0.29) is 6.61 Å². The summed E-state index contributed by atoms with van der Waals surface area (Å²) >= 11 is 1.56. The van der Waals surface area contributed by atoms with Crippen molar-refractivity contribution in [1.29, 1.82) is 0 Å². The predicted octanol–water partition coefficient (Wildman–Crippen LogP) is 2.77. The third-order valence-corrected chi connectivity index (χ3v) is 4.63. The molecule has 0 amide bonds. The van der Waals surface area contributed by atoms with Crippen LogP contribution in [0.4, 0.5) is 5.13 Å². The van der Waals surface area contributed by atoms with Crippen molar-refractivity contribution in [1.82, 2.24) is 14.6 Å². The molecule has 0 unspecified atom stereocenters. The molecule has 0 radical (unpaired) electrons. The van der Waals surface area contributed by atoms with Gasteiger partial charge in [-0.15, -0.1) is 5.10 Å². The Morgan fingerprint density at radius 3 is 2.95 bits per heavy atom. The zero-order valence-electron chi connectivity index (χ0n) is 11.5. The summed E-state index contributed by atoms with van der Waals surface area (Å²) in [7, 11) is 0. The number of fused-ring (bicyclic) bond motifs is 1. The van der Waals surface area contributed by atoms with Crippen LogP contribution in [-0.2, 0) is 6.61 Å². The standard InChI is InChI=1S/C15H16N4OS/c20-9-11-3-1-2-4-12(11)13-8-19-15(17-13)21-14(18-19)16-7-10-5-6-10/h1-4,8,10,20H,5-7,9H2,(H,16,18). The Balaban J connectivity index is 1.63. The second kappa shape index (κ2) is 5.13. The summed E-state index contributed by atoms with van der Waals surface area (Å²) in [5.74, 6) is 0.827. The molecule has 1 saturated carbocycles. The van der Waals surface area contributed by atoms with Gasteiger partial charge in [-0.1, -0.05) is 35.6 Å².